The van der Waals surface area contributed by atoms with Gasteiger partial charge in [-0.1, -0.05) is 220 Å². The number of likely N-dealkylation sites (N-methyl/N-ethyl adjacent to an activating group) is 1. The van der Waals surface area contributed by atoms with Gasteiger partial charge in [0.05, 0.1) is 27.7 Å². The zero-order valence-electron chi connectivity index (χ0n) is 46.8. The third-order valence-corrected chi connectivity index (χ3v) is 13.1. The summed E-state index contributed by atoms with van der Waals surface area (Å²) in [6.07, 6.45) is 71.6. The van der Waals surface area contributed by atoms with Crippen molar-refractivity contribution in [1.29, 1.82) is 0 Å². The molecule has 0 radical (unpaired) electrons. The lowest BCUT2D eigenvalue weighted by Crippen LogP contribution is -2.37. The van der Waals surface area contributed by atoms with E-state index in [9.17, 15) is 19.0 Å². The number of phosphoric ester groups is 1. The molecule has 72 heavy (non-hydrogen) atoms. The van der Waals surface area contributed by atoms with Gasteiger partial charge in [0.1, 0.15) is 19.8 Å². The number of carbonyl (C=O) groups excluding carboxylic acids is 2. The Hall–Kier alpha value is -3.07. The fraction of sp³-hybridized carbons (Fsp3) is 0.710. The zero-order chi connectivity index (χ0) is 52.7. The van der Waals surface area contributed by atoms with Crippen molar-refractivity contribution in [2.45, 2.75) is 238 Å². The fourth-order valence-corrected chi connectivity index (χ4v) is 8.36. The van der Waals surface area contributed by atoms with Crippen molar-refractivity contribution in [3.8, 4) is 0 Å². The topological polar surface area (TPSA) is 111 Å². The van der Waals surface area contributed by atoms with Gasteiger partial charge in [-0.25, -0.2) is 0 Å². The SMILES string of the molecule is CC/C=C\C/C=C\C/C=C\C/C=C\C/C=C\C/C=C\C/C=C\CCCCCCCCCCCC(=O)OC(COC(=O)CCCCCCCCC/C=C\CCCCCCCC)COP(=O)([O-])OCC[N+](C)(C)C. The van der Waals surface area contributed by atoms with Crippen LogP contribution < -0.4 is 4.89 Å². The first kappa shape index (κ1) is 68.9. The average molecular weight is 1030 g/mol. The normalized spacial score (nSPS) is 14.0. The number of hydrogen-bond donors (Lipinski definition) is 0. The average Bonchev–Trinajstić information content (AvgIpc) is 3.34. The maximum Gasteiger partial charge on any atom is 0.306 e. The van der Waals surface area contributed by atoms with E-state index in [1.807, 2.05) is 21.1 Å². The number of esters is 2. The molecule has 9 nitrogen and oxygen atoms in total. The highest BCUT2D eigenvalue weighted by atomic mass is 31.2. The standard InChI is InChI=1S/C62H108NO8P/c1-6-8-10-12-14-16-18-20-22-24-25-26-27-28-29-30-31-32-33-34-35-36-37-39-41-43-45-47-49-51-53-55-62(65)71-60(59-70-72(66,67)69-57-56-63(3,4)5)58-68-61(64)54-52-50-48-46-44-42-40-38-23-21-19-17-15-13-11-9-7-2/h8,10,14,16,20-23,25-26,28-29,31-32,34-35,60H,6-7,9,11-13,15,17-19,24,27,30,33,36-59H2,1-5H3/b10-8-,16-14-,22-20-,23-21-,26-25-,29-28-,32-31-,35-34-. The molecule has 0 aliphatic heterocycles. The summed E-state index contributed by atoms with van der Waals surface area (Å²) in [6, 6.07) is 0. The molecule has 414 valence electrons. The van der Waals surface area contributed by atoms with Gasteiger partial charge in [-0.15, -0.1) is 0 Å². The minimum atomic E-state index is -4.64. The quantitative estimate of drug-likeness (QED) is 0.0195. The molecule has 2 atom stereocenters. The molecule has 0 aliphatic rings. The van der Waals surface area contributed by atoms with E-state index in [0.717, 1.165) is 103 Å². The molecule has 0 amide bonds. The minimum absolute atomic E-state index is 0.0368. The van der Waals surface area contributed by atoms with E-state index in [4.69, 9.17) is 18.5 Å². The Balaban J connectivity index is 4.19. The second kappa shape index (κ2) is 52.8. The molecule has 0 heterocycles. The Morgan fingerprint density at radius 3 is 1.19 bits per heavy atom. The highest BCUT2D eigenvalue weighted by Gasteiger charge is 2.21. The van der Waals surface area contributed by atoms with E-state index in [1.54, 1.807) is 0 Å². The number of hydrogen-bond acceptors (Lipinski definition) is 8. The van der Waals surface area contributed by atoms with Crippen LogP contribution in [0.2, 0.25) is 0 Å². The smallest absolute Gasteiger partial charge is 0.306 e. The summed E-state index contributed by atoms with van der Waals surface area (Å²) in [7, 11) is 1.15. The number of carbonyl (C=O) groups is 2. The zero-order valence-corrected chi connectivity index (χ0v) is 47.7. The van der Waals surface area contributed by atoms with Crippen LogP contribution >= 0.6 is 7.82 Å². The predicted molar refractivity (Wildman–Crippen MR) is 305 cm³/mol. The Labute approximate surface area is 443 Å². The molecule has 0 saturated carbocycles. The van der Waals surface area contributed by atoms with Crippen molar-refractivity contribution in [2.75, 3.05) is 47.5 Å². The Morgan fingerprint density at radius 1 is 0.444 bits per heavy atom. The summed E-state index contributed by atoms with van der Waals surface area (Å²) in [5, 5.41) is 0. The first-order valence-electron chi connectivity index (χ1n) is 28.9. The third kappa shape index (κ3) is 56.2. The van der Waals surface area contributed by atoms with Gasteiger partial charge in [0, 0.05) is 12.8 Å². The van der Waals surface area contributed by atoms with Gasteiger partial charge < -0.3 is 27.9 Å². The molecule has 0 N–H and O–H groups in total. The van der Waals surface area contributed by atoms with Crippen molar-refractivity contribution in [1.82, 2.24) is 0 Å². The molecule has 0 aromatic rings. The number of ether oxygens (including phenoxy) is 2. The summed E-state index contributed by atoms with van der Waals surface area (Å²) in [5.41, 5.74) is 0. The molecule has 0 rings (SSSR count). The van der Waals surface area contributed by atoms with Crippen LogP contribution in [0.15, 0.2) is 97.2 Å². The number of phosphoric acid groups is 1. The van der Waals surface area contributed by atoms with Crippen molar-refractivity contribution in [2.24, 2.45) is 0 Å². The van der Waals surface area contributed by atoms with Gasteiger partial charge in [-0.2, -0.15) is 0 Å². The number of allylic oxidation sites excluding steroid dienone is 16. The lowest BCUT2D eigenvalue weighted by atomic mass is 10.1. The molecule has 0 bridgehead atoms. The maximum absolute atomic E-state index is 12.8. The number of unbranched alkanes of at least 4 members (excludes halogenated alkanes) is 22. The summed E-state index contributed by atoms with van der Waals surface area (Å²) >= 11 is 0. The van der Waals surface area contributed by atoms with Crippen molar-refractivity contribution in [3.05, 3.63) is 97.2 Å². The van der Waals surface area contributed by atoms with E-state index < -0.39 is 32.5 Å². The Kier molecular flexibility index (Phi) is 50.5. The molecular formula is C62H108NO8P. The van der Waals surface area contributed by atoms with Crippen LogP contribution in [0.5, 0.6) is 0 Å². The second-order valence-corrected chi connectivity index (χ2v) is 21.7. The van der Waals surface area contributed by atoms with Crippen LogP contribution in [0, 0.1) is 0 Å². The highest BCUT2D eigenvalue weighted by Crippen LogP contribution is 2.38. The minimum Gasteiger partial charge on any atom is -0.756 e. The molecule has 0 spiro atoms. The molecule has 2 unspecified atom stereocenters. The Morgan fingerprint density at radius 2 is 0.792 bits per heavy atom. The second-order valence-electron chi connectivity index (χ2n) is 20.3. The lowest BCUT2D eigenvalue weighted by Gasteiger charge is -2.28. The first-order valence-corrected chi connectivity index (χ1v) is 30.4. The van der Waals surface area contributed by atoms with Gasteiger partial charge in [-0.05, 0) is 96.3 Å². The number of nitrogens with zero attached hydrogens (tertiary/aromatic N) is 1. The largest absolute Gasteiger partial charge is 0.756 e. The maximum atomic E-state index is 12.8. The molecule has 0 aromatic carbocycles. The van der Waals surface area contributed by atoms with Crippen LogP contribution in [0.4, 0.5) is 0 Å². The Bertz CT molecular complexity index is 1540. The van der Waals surface area contributed by atoms with Gasteiger partial charge in [0.25, 0.3) is 7.82 Å². The summed E-state index contributed by atoms with van der Waals surface area (Å²) < 4.78 is 34.1. The monoisotopic (exact) mass is 1030 g/mol. The summed E-state index contributed by atoms with van der Waals surface area (Å²) in [4.78, 5) is 37.8. The molecule has 0 aromatic heterocycles. The van der Waals surface area contributed by atoms with Gasteiger partial charge in [-0.3, -0.25) is 14.2 Å². The molecule has 0 fully saturated rings. The van der Waals surface area contributed by atoms with E-state index >= 15 is 0 Å². The number of quaternary nitrogens is 1. The molecule has 10 heteroatoms. The van der Waals surface area contributed by atoms with Gasteiger partial charge >= 0.3 is 11.9 Å². The van der Waals surface area contributed by atoms with E-state index in [1.165, 1.54) is 96.3 Å². The third-order valence-electron chi connectivity index (χ3n) is 12.1. The fourth-order valence-electron chi connectivity index (χ4n) is 7.63. The highest BCUT2D eigenvalue weighted by molar-refractivity contribution is 7.45. The van der Waals surface area contributed by atoms with Gasteiger partial charge in [0.2, 0.25) is 0 Å². The molecule has 0 saturated heterocycles. The number of rotatable bonds is 52. The summed E-state index contributed by atoms with van der Waals surface area (Å²) in [6.45, 7) is 4.11. The summed E-state index contributed by atoms with van der Waals surface area (Å²) in [5.74, 6) is -0.847. The molecular weight excluding hydrogens is 918 g/mol. The van der Waals surface area contributed by atoms with Crippen molar-refractivity contribution < 1.29 is 42.1 Å². The van der Waals surface area contributed by atoms with Crippen LogP contribution in [-0.4, -0.2) is 70.0 Å². The van der Waals surface area contributed by atoms with Crippen LogP contribution in [0.25, 0.3) is 0 Å². The van der Waals surface area contributed by atoms with Crippen LogP contribution in [0.1, 0.15) is 232 Å². The van der Waals surface area contributed by atoms with E-state index in [-0.39, 0.29) is 26.1 Å². The first-order chi connectivity index (χ1) is 35.0. The van der Waals surface area contributed by atoms with Gasteiger partial charge in [0.15, 0.2) is 6.10 Å². The van der Waals surface area contributed by atoms with Crippen molar-refractivity contribution in [3.63, 3.8) is 0 Å². The van der Waals surface area contributed by atoms with E-state index in [2.05, 4.69) is 111 Å². The predicted octanol–water partition coefficient (Wildman–Crippen LogP) is 17.4. The van der Waals surface area contributed by atoms with Crippen molar-refractivity contribution >= 4 is 19.8 Å². The van der Waals surface area contributed by atoms with Crippen LogP contribution in [0.3, 0.4) is 0 Å². The van der Waals surface area contributed by atoms with E-state index in [0.29, 0.717) is 17.4 Å². The molecule has 0 aliphatic carbocycles. The lowest BCUT2D eigenvalue weighted by molar-refractivity contribution is -0.870. The van der Waals surface area contributed by atoms with Crippen LogP contribution in [-0.2, 0) is 32.7 Å².